The Kier molecular flexibility index (Phi) is 3.19. The Balaban J connectivity index is 1.50. The van der Waals surface area contributed by atoms with Gasteiger partial charge in [0.2, 0.25) is 0 Å². The first kappa shape index (κ1) is 13.2. The Hall–Kier alpha value is -1.46. The molecule has 5 heteroatoms. The molecule has 4 unspecified atom stereocenters. The summed E-state index contributed by atoms with van der Waals surface area (Å²) in [7, 11) is 0. The fraction of sp³-hybridized carbons (Fsp3) is 0.500. The van der Waals surface area contributed by atoms with Gasteiger partial charge in [-0.05, 0) is 49.1 Å². The second-order valence-corrected chi connectivity index (χ2v) is 7.02. The summed E-state index contributed by atoms with van der Waals surface area (Å²) in [5, 5.41) is 9.52. The molecule has 3 fully saturated rings. The minimum Gasteiger partial charge on any atom is -0.346 e. The molecule has 1 N–H and O–H groups in total. The molecule has 5 rings (SSSR count). The van der Waals surface area contributed by atoms with E-state index >= 15 is 0 Å². The molecule has 0 aromatic carbocycles. The highest BCUT2D eigenvalue weighted by Gasteiger charge is 2.38. The predicted molar refractivity (Wildman–Crippen MR) is 84.6 cm³/mol. The number of nitrogens with zero attached hydrogens (tertiary/aromatic N) is 2. The summed E-state index contributed by atoms with van der Waals surface area (Å²) in [6.07, 6.45) is 4.19. The molecule has 1 amide bonds. The number of pyridine rings is 1. The van der Waals surface area contributed by atoms with Crippen molar-refractivity contribution < 1.29 is 4.79 Å². The molecule has 3 saturated heterocycles. The average molecular weight is 301 g/mol. The van der Waals surface area contributed by atoms with Gasteiger partial charge >= 0.3 is 0 Å². The van der Waals surface area contributed by atoms with Crippen LogP contribution in [0.2, 0.25) is 0 Å². The molecule has 5 heterocycles. The van der Waals surface area contributed by atoms with Gasteiger partial charge in [0.05, 0.1) is 0 Å². The van der Waals surface area contributed by atoms with Crippen LogP contribution in [0.3, 0.4) is 0 Å². The van der Waals surface area contributed by atoms with Crippen LogP contribution >= 0.6 is 11.3 Å². The predicted octanol–water partition coefficient (Wildman–Crippen LogP) is 2.51. The molecule has 0 aliphatic carbocycles. The Morgan fingerprint density at radius 3 is 3.05 bits per heavy atom. The number of carbonyl (C=O) groups is 1. The molecular formula is C16H19N3OS. The van der Waals surface area contributed by atoms with Crippen molar-refractivity contribution in [3.8, 4) is 0 Å². The third kappa shape index (κ3) is 2.34. The van der Waals surface area contributed by atoms with Crippen LogP contribution < -0.4 is 5.32 Å². The van der Waals surface area contributed by atoms with Gasteiger partial charge in [-0.25, -0.2) is 0 Å². The van der Waals surface area contributed by atoms with E-state index in [1.54, 1.807) is 17.5 Å². The Morgan fingerprint density at radius 2 is 2.29 bits per heavy atom. The van der Waals surface area contributed by atoms with E-state index in [1.165, 1.54) is 19.4 Å². The van der Waals surface area contributed by atoms with Crippen LogP contribution in [0.5, 0.6) is 0 Å². The lowest BCUT2D eigenvalue weighted by Gasteiger charge is -2.48. The number of nitrogens with one attached hydrogen (secondary N) is 1. The number of rotatable bonds is 2. The zero-order valence-corrected chi connectivity index (χ0v) is 12.9. The van der Waals surface area contributed by atoms with Gasteiger partial charge in [-0.2, -0.15) is 11.3 Å². The first-order chi connectivity index (χ1) is 10.2. The smallest absolute Gasteiger partial charge is 0.270 e. The summed E-state index contributed by atoms with van der Waals surface area (Å²) in [6, 6.07) is 2.84. The molecule has 110 valence electrons. The van der Waals surface area contributed by atoms with Crippen molar-refractivity contribution in [2.75, 3.05) is 13.1 Å². The average Bonchev–Trinajstić information content (AvgIpc) is 2.96. The van der Waals surface area contributed by atoms with Gasteiger partial charge in [-0.1, -0.05) is 0 Å². The van der Waals surface area contributed by atoms with Crippen molar-refractivity contribution >= 4 is 28.0 Å². The molecule has 4 atom stereocenters. The van der Waals surface area contributed by atoms with Crippen LogP contribution in [0, 0.1) is 5.92 Å². The zero-order chi connectivity index (χ0) is 14.4. The largest absolute Gasteiger partial charge is 0.346 e. The van der Waals surface area contributed by atoms with Crippen molar-refractivity contribution in [2.45, 2.75) is 31.8 Å². The fourth-order valence-electron chi connectivity index (χ4n) is 3.69. The molecule has 3 aliphatic heterocycles. The topological polar surface area (TPSA) is 45.2 Å². The number of piperidine rings is 3. The molecular weight excluding hydrogens is 282 g/mol. The van der Waals surface area contributed by atoms with Crippen LogP contribution in [0.1, 0.15) is 30.3 Å². The maximum Gasteiger partial charge on any atom is 0.270 e. The van der Waals surface area contributed by atoms with Gasteiger partial charge < -0.3 is 5.32 Å². The van der Waals surface area contributed by atoms with E-state index in [0.717, 1.165) is 17.3 Å². The quantitative estimate of drug-likeness (QED) is 0.927. The van der Waals surface area contributed by atoms with Crippen molar-refractivity contribution in [1.29, 1.82) is 0 Å². The van der Waals surface area contributed by atoms with Gasteiger partial charge in [0.15, 0.2) is 0 Å². The first-order valence-electron chi connectivity index (χ1n) is 7.57. The molecule has 2 aromatic rings. The van der Waals surface area contributed by atoms with Gasteiger partial charge in [0.1, 0.15) is 5.69 Å². The van der Waals surface area contributed by atoms with E-state index in [-0.39, 0.29) is 11.9 Å². The van der Waals surface area contributed by atoms with Crippen LogP contribution in [0.4, 0.5) is 0 Å². The normalized spacial score (nSPS) is 31.5. The van der Waals surface area contributed by atoms with Crippen molar-refractivity contribution in [2.24, 2.45) is 5.92 Å². The summed E-state index contributed by atoms with van der Waals surface area (Å²) in [6.45, 7) is 4.45. The Morgan fingerprint density at radius 1 is 1.43 bits per heavy atom. The molecule has 0 spiro atoms. The second-order valence-electron chi connectivity index (χ2n) is 6.28. The standard InChI is InChI=1S/C16H19N3OS/c1-10-4-11-2-3-19(10)7-15(11)18-16(20)14-5-12-8-21-9-13(12)6-17-14/h5-6,8-11,15H,2-4,7H2,1H3,(H,18,20). The lowest BCUT2D eigenvalue weighted by Crippen LogP contribution is -2.60. The molecule has 0 radical (unpaired) electrons. The monoisotopic (exact) mass is 301 g/mol. The minimum atomic E-state index is -0.0329. The summed E-state index contributed by atoms with van der Waals surface area (Å²) in [5.41, 5.74) is 0.533. The number of thiophene rings is 1. The van der Waals surface area contributed by atoms with Crippen LogP contribution in [0.25, 0.3) is 10.8 Å². The summed E-state index contributed by atoms with van der Waals surface area (Å²) in [4.78, 5) is 19.2. The number of hydrogen-bond acceptors (Lipinski definition) is 4. The summed E-state index contributed by atoms with van der Waals surface area (Å²) < 4.78 is 0. The van der Waals surface area contributed by atoms with Gasteiger partial charge in [-0.3, -0.25) is 14.7 Å². The highest BCUT2D eigenvalue weighted by atomic mass is 32.1. The lowest BCUT2D eigenvalue weighted by molar-refractivity contribution is 0.0273. The Bertz CT molecular complexity index is 683. The van der Waals surface area contributed by atoms with Gasteiger partial charge in [0, 0.05) is 35.6 Å². The Labute approximate surface area is 128 Å². The SMILES string of the molecule is CC1CC2CCN1CC2NC(=O)c1cc2cscc2cn1. The van der Waals surface area contributed by atoms with Crippen LogP contribution in [0.15, 0.2) is 23.0 Å². The number of hydrogen-bond donors (Lipinski definition) is 1. The number of fused-ring (bicyclic) bond motifs is 4. The van der Waals surface area contributed by atoms with E-state index in [4.69, 9.17) is 0 Å². The second kappa shape index (κ2) is 5.07. The summed E-state index contributed by atoms with van der Waals surface area (Å²) >= 11 is 1.64. The number of aromatic nitrogens is 1. The zero-order valence-electron chi connectivity index (χ0n) is 12.1. The van der Waals surface area contributed by atoms with Gasteiger partial charge in [0.25, 0.3) is 5.91 Å². The summed E-state index contributed by atoms with van der Waals surface area (Å²) in [5.74, 6) is 0.591. The highest BCUT2D eigenvalue weighted by molar-refractivity contribution is 7.09. The van der Waals surface area contributed by atoms with E-state index < -0.39 is 0 Å². The van der Waals surface area contributed by atoms with Crippen LogP contribution in [-0.4, -0.2) is 41.0 Å². The van der Waals surface area contributed by atoms with E-state index in [2.05, 4.69) is 32.9 Å². The molecule has 0 saturated carbocycles. The van der Waals surface area contributed by atoms with E-state index in [1.807, 2.05) is 6.07 Å². The molecule has 3 aliphatic rings. The third-order valence-corrected chi connectivity index (χ3v) is 5.74. The number of carbonyl (C=O) groups excluding carboxylic acids is 1. The fourth-order valence-corrected chi connectivity index (χ4v) is 4.45. The highest BCUT2D eigenvalue weighted by Crippen LogP contribution is 2.32. The number of amides is 1. The lowest BCUT2D eigenvalue weighted by atomic mass is 9.80. The van der Waals surface area contributed by atoms with Gasteiger partial charge in [-0.15, -0.1) is 0 Å². The molecule has 4 nitrogen and oxygen atoms in total. The maximum absolute atomic E-state index is 12.4. The molecule has 2 aromatic heterocycles. The van der Waals surface area contributed by atoms with Crippen molar-refractivity contribution in [3.63, 3.8) is 0 Å². The third-order valence-electron chi connectivity index (χ3n) is 4.96. The van der Waals surface area contributed by atoms with Crippen LogP contribution in [-0.2, 0) is 0 Å². The van der Waals surface area contributed by atoms with Crippen molar-refractivity contribution in [1.82, 2.24) is 15.2 Å². The van der Waals surface area contributed by atoms with E-state index in [0.29, 0.717) is 17.7 Å². The van der Waals surface area contributed by atoms with Crippen molar-refractivity contribution in [3.05, 3.63) is 28.7 Å². The first-order valence-corrected chi connectivity index (χ1v) is 8.52. The molecule has 2 bridgehead atoms. The van der Waals surface area contributed by atoms with E-state index in [9.17, 15) is 4.79 Å². The maximum atomic E-state index is 12.4. The minimum absolute atomic E-state index is 0.0329. The molecule has 21 heavy (non-hydrogen) atoms.